The van der Waals surface area contributed by atoms with Gasteiger partial charge in [-0.2, -0.15) is 5.26 Å². The number of nitrogens with zero attached hydrogens (tertiary/aromatic N) is 1. The predicted octanol–water partition coefficient (Wildman–Crippen LogP) is 4.46. The summed E-state index contributed by atoms with van der Waals surface area (Å²) in [4.78, 5) is 14.7. The van der Waals surface area contributed by atoms with Crippen LogP contribution in [0.25, 0.3) is 11.1 Å². The van der Waals surface area contributed by atoms with E-state index in [1.54, 1.807) is 44.4 Å². The van der Waals surface area contributed by atoms with Crippen LogP contribution in [0.5, 0.6) is 11.5 Å². The summed E-state index contributed by atoms with van der Waals surface area (Å²) >= 11 is 6.01. The molecule has 0 aliphatic rings. The van der Waals surface area contributed by atoms with Crippen LogP contribution >= 0.6 is 11.6 Å². The number of benzene rings is 2. The van der Waals surface area contributed by atoms with Crippen molar-refractivity contribution in [2.75, 3.05) is 7.11 Å². The number of aromatic nitrogens is 1. The van der Waals surface area contributed by atoms with Crippen molar-refractivity contribution in [1.29, 1.82) is 5.26 Å². The smallest absolute Gasteiger partial charge is 0.266 e. The van der Waals surface area contributed by atoms with E-state index in [-0.39, 0.29) is 5.56 Å². The van der Waals surface area contributed by atoms with Gasteiger partial charge in [0.1, 0.15) is 18.2 Å². The van der Waals surface area contributed by atoms with Gasteiger partial charge in [0, 0.05) is 16.3 Å². The molecule has 1 N–H and O–H groups in total. The van der Waals surface area contributed by atoms with Crippen molar-refractivity contribution < 1.29 is 9.47 Å². The van der Waals surface area contributed by atoms with E-state index >= 15 is 0 Å². The number of pyridine rings is 1. The topological polar surface area (TPSA) is 75.1 Å². The van der Waals surface area contributed by atoms with Gasteiger partial charge in [-0.15, -0.1) is 0 Å². The van der Waals surface area contributed by atoms with Gasteiger partial charge in [-0.25, -0.2) is 0 Å². The number of ether oxygens (including phenoxy) is 2. The van der Waals surface area contributed by atoms with Gasteiger partial charge in [0.05, 0.1) is 7.11 Å². The third-order valence-electron chi connectivity index (χ3n) is 4.04. The summed E-state index contributed by atoms with van der Waals surface area (Å²) in [7, 11) is 1.55. The van der Waals surface area contributed by atoms with Crippen molar-refractivity contribution in [1.82, 2.24) is 4.98 Å². The fourth-order valence-electron chi connectivity index (χ4n) is 2.77. The summed E-state index contributed by atoms with van der Waals surface area (Å²) in [6.07, 6.45) is 0. The van der Waals surface area contributed by atoms with E-state index < -0.39 is 5.56 Å². The van der Waals surface area contributed by atoms with Crippen molar-refractivity contribution in [3.63, 3.8) is 0 Å². The number of hydrogen-bond donors (Lipinski definition) is 1. The largest absolute Gasteiger partial charge is 0.493 e. The van der Waals surface area contributed by atoms with Gasteiger partial charge < -0.3 is 14.5 Å². The molecule has 0 amide bonds. The van der Waals surface area contributed by atoms with Gasteiger partial charge in [0.2, 0.25) is 0 Å². The highest BCUT2D eigenvalue weighted by Gasteiger charge is 2.13. The first-order valence-electron chi connectivity index (χ1n) is 8.21. The van der Waals surface area contributed by atoms with Gasteiger partial charge >= 0.3 is 0 Å². The van der Waals surface area contributed by atoms with Crippen LogP contribution in [0.4, 0.5) is 0 Å². The fourth-order valence-corrected chi connectivity index (χ4v) is 2.99. The Morgan fingerprint density at radius 2 is 1.96 bits per heavy atom. The minimum atomic E-state index is -0.412. The molecular formula is C21H17ClN2O3. The lowest BCUT2D eigenvalue weighted by Gasteiger charge is -2.13. The minimum absolute atomic E-state index is 0.0616. The molecule has 3 aromatic rings. The first kappa shape index (κ1) is 18.6. The number of nitrogens with one attached hydrogen (secondary N) is 1. The number of hydrogen-bond acceptors (Lipinski definition) is 4. The molecule has 1 aromatic heterocycles. The second kappa shape index (κ2) is 7.98. The van der Waals surface area contributed by atoms with E-state index in [4.69, 9.17) is 21.1 Å². The quantitative estimate of drug-likeness (QED) is 0.708. The molecule has 1 heterocycles. The SMILES string of the molecule is COc1ccc(-c2cc(C)[nH]c(=O)c2C#N)cc1OCc1cccc(Cl)c1. The Balaban J connectivity index is 1.99. The Labute approximate surface area is 161 Å². The Morgan fingerprint density at radius 1 is 1.15 bits per heavy atom. The number of nitriles is 1. The highest BCUT2D eigenvalue weighted by molar-refractivity contribution is 6.30. The molecule has 0 aliphatic carbocycles. The monoisotopic (exact) mass is 380 g/mol. The Morgan fingerprint density at radius 3 is 2.67 bits per heavy atom. The molecule has 27 heavy (non-hydrogen) atoms. The maximum Gasteiger partial charge on any atom is 0.266 e. The standard InChI is InChI=1S/C21H17ClN2O3/c1-13-8-17(18(11-23)21(25)24-13)15-6-7-19(26-2)20(10-15)27-12-14-4-3-5-16(22)9-14/h3-10H,12H2,1-2H3,(H,24,25). The molecule has 0 bridgehead atoms. The summed E-state index contributed by atoms with van der Waals surface area (Å²) in [5.41, 5.74) is 2.49. The molecule has 0 aliphatic heterocycles. The molecule has 0 fully saturated rings. The van der Waals surface area contributed by atoms with E-state index in [1.165, 1.54) is 0 Å². The summed E-state index contributed by atoms with van der Waals surface area (Å²) in [6.45, 7) is 2.08. The molecule has 0 saturated carbocycles. The first-order chi connectivity index (χ1) is 13.0. The average molecular weight is 381 g/mol. The number of aryl methyl sites for hydroxylation is 1. The van der Waals surface area contributed by atoms with Crippen molar-refractivity contribution in [2.24, 2.45) is 0 Å². The lowest BCUT2D eigenvalue weighted by Crippen LogP contribution is -2.12. The third kappa shape index (κ3) is 4.13. The van der Waals surface area contributed by atoms with E-state index in [2.05, 4.69) is 4.98 Å². The zero-order valence-electron chi connectivity index (χ0n) is 14.9. The zero-order chi connectivity index (χ0) is 19.4. The highest BCUT2D eigenvalue weighted by atomic mass is 35.5. The van der Waals surface area contributed by atoms with Gasteiger partial charge in [0.15, 0.2) is 11.5 Å². The summed E-state index contributed by atoms with van der Waals surface area (Å²) in [6, 6.07) is 16.4. The van der Waals surface area contributed by atoms with Crippen LogP contribution in [0.15, 0.2) is 53.3 Å². The van der Waals surface area contributed by atoms with Crippen molar-refractivity contribution >= 4 is 11.6 Å². The second-order valence-corrected chi connectivity index (χ2v) is 6.40. The molecule has 0 unspecified atom stereocenters. The predicted molar refractivity (Wildman–Crippen MR) is 104 cm³/mol. The first-order valence-corrected chi connectivity index (χ1v) is 8.59. The number of methoxy groups -OCH3 is 1. The second-order valence-electron chi connectivity index (χ2n) is 5.97. The molecule has 0 spiro atoms. The molecule has 2 aromatic carbocycles. The van der Waals surface area contributed by atoms with E-state index in [1.807, 2.05) is 24.3 Å². The summed E-state index contributed by atoms with van der Waals surface area (Å²) in [5.74, 6) is 1.07. The van der Waals surface area contributed by atoms with Crippen LogP contribution in [0.2, 0.25) is 5.02 Å². The van der Waals surface area contributed by atoms with Crippen molar-refractivity contribution in [3.8, 4) is 28.7 Å². The van der Waals surface area contributed by atoms with Crippen LogP contribution in [0.3, 0.4) is 0 Å². The molecule has 136 valence electrons. The van der Waals surface area contributed by atoms with Crippen LogP contribution in [-0.2, 0) is 6.61 Å². The Hall–Kier alpha value is -3.23. The third-order valence-corrected chi connectivity index (χ3v) is 4.27. The highest BCUT2D eigenvalue weighted by Crippen LogP contribution is 2.34. The molecule has 0 radical (unpaired) electrons. The van der Waals surface area contributed by atoms with E-state index in [0.717, 1.165) is 5.56 Å². The summed E-state index contributed by atoms with van der Waals surface area (Å²) < 4.78 is 11.3. The van der Waals surface area contributed by atoms with Crippen LogP contribution in [0.1, 0.15) is 16.8 Å². The number of rotatable bonds is 5. The van der Waals surface area contributed by atoms with Gasteiger partial charge in [0.25, 0.3) is 5.56 Å². The number of halogens is 1. The van der Waals surface area contributed by atoms with E-state index in [0.29, 0.717) is 39.9 Å². The maximum absolute atomic E-state index is 12.1. The molecule has 5 nitrogen and oxygen atoms in total. The van der Waals surface area contributed by atoms with Crippen LogP contribution in [0, 0.1) is 18.3 Å². The van der Waals surface area contributed by atoms with Gasteiger partial charge in [-0.3, -0.25) is 4.79 Å². The number of H-pyrrole nitrogens is 1. The van der Waals surface area contributed by atoms with Crippen LogP contribution in [-0.4, -0.2) is 12.1 Å². The van der Waals surface area contributed by atoms with Crippen LogP contribution < -0.4 is 15.0 Å². The van der Waals surface area contributed by atoms with Crippen molar-refractivity contribution in [2.45, 2.75) is 13.5 Å². The maximum atomic E-state index is 12.1. The lowest BCUT2D eigenvalue weighted by molar-refractivity contribution is 0.284. The molecule has 0 atom stereocenters. The molecule has 3 rings (SSSR count). The summed E-state index contributed by atoms with van der Waals surface area (Å²) in [5, 5.41) is 9.99. The minimum Gasteiger partial charge on any atom is -0.493 e. The Kier molecular flexibility index (Phi) is 5.49. The van der Waals surface area contributed by atoms with Gasteiger partial charge in [-0.05, 0) is 48.4 Å². The number of aromatic amines is 1. The molecule has 0 saturated heterocycles. The average Bonchev–Trinajstić information content (AvgIpc) is 2.65. The van der Waals surface area contributed by atoms with E-state index in [9.17, 15) is 10.1 Å². The normalized spacial score (nSPS) is 10.3. The molecular weight excluding hydrogens is 364 g/mol. The fraction of sp³-hybridized carbons (Fsp3) is 0.143. The lowest BCUT2D eigenvalue weighted by atomic mass is 10.0. The van der Waals surface area contributed by atoms with Gasteiger partial charge in [-0.1, -0.05) is 29.8 Å². The molecule has 6 heteroatoms. The zero-order valence-corrected chi connectivity index (χ0v) is 15.6. The Bertz CT molecular complexity index is 1080. The van der Waals surface area contributed by atoms with Crippen molar-refractivity contribution in [3.05, 3.63) is 80.7 Å².